The number of fused-ring (bicyclic) bond motifs is 1. The number of benzene rings is 2. The lowest BCUT2D eigenvalue weighted by molar-refractivity contribution is 0.0687. The summed E-state index contributed by atoms with van der Waals surface area (Å²) in [6.45, 7) is 3.17. The second-order valence-corrected chi connectivity index (χ2v) is 9.04. The minimum Gasteiger partial charge on any atom is -0.486 e. The van der Waals surface area contributed by atoms with Crippen LogP contribution in [0.1, 0.15) is 27.6 Å². The first-order valence-electron chi connectivity index (χ1n) is 9.67. The average molecular weight is 430 g/mol. The molecule has 2 aromatic rings. The molecule has 4 rings (SSSR count). The molecule has 9 heteroatoms. The summed E-state index contributed by atoms with van der Waals surface area (Å²) in [7, 11) is -3.69. The Morgan fingerprint density at radius 2 is 1.57 bits per heavy atom. The Balaban J connectivity index is 1.46. The molecule has 0 unspecified atom stereocenters. The Kier molecular flexibility index (Phi) is 5.48. The van der Waals surface area contributed by atoms with Gasteiger partial charge in [-0.25, -0.2) is 8.42 Å². The Morgan fingerprint density at radius 3 is 2.23 bits per heavy atom. The van der Waals surface area contributed by atoms with Gasteiger partial charge in [0, 0.05) is 31.7 Å². The van der Waals surface area contributed by atoms with Crippen LogP contribution >= 0.6 is 0 Å². The largest absolute Gasteiger partial charge is 0.486 e. The summed E-state index contributed by atoms with van der Waals surface area (Å²) in [4.78, 5) is 26.1. The van der Waals surface area contributed by atoms with Crippen LogP contribution in [-0.4, -0.2) is 68.7 Å². The maximum absolute atomic E-state index is 13.0. The lowest BCUT2D eigenvalue weighted by atomic mass is 10.1. The van der Waals surface area contributed by atoms with Gasteiger partial charge in [0.25, 0.3) is 5.91 Å². The van der Waals surface area contributed by atoms with Crippen molar-refractivity contribution in [1.82, 2.24) is 9.21 Å². The number of piperazine rings is 1. The Bertz CT molecular complexity index is 1070. The van der Waals surface area contributed by atoms with Crippen LogP contribution in [0.15, 0.2) is 47.4 Å². The fourth-order valence-corrected chi connectivity index (χ4v) is 4.98. The average Bonchev–Trinajstić information content (AvgIpc) is 2.78. The van der Waals surface area contributed by atoms with Gasteiger partial charge in [-0.05, 0) is 31.2 Å². The van der Waals surface area contributed by atoms with E-state index in [0.717, 1.165) is 0 Å². The van der Waals surface area contributed by atoms with Crippen molar-refractivity contribution in [1.29, 1.82) is 0 Å². The van der Waals surface area contributed by atoms with Gasteiger partial charge in [0.05, 0.1) is 10.5 Å². The van der Waals surface area contributed by atoms with Crippen LogP contribution in [0.5, 0.6) is 11.5 Å². The van der Waals surface area contributed by atoms with E-state index in [9.17, 15) is 18.0 Å². The third-order valence-corrected chi connectivity index (χ3v) is 7.13. The van der Waals surface area contributed by atoms with Crippen molar-refractivity contribution >= 4 is 21.7 Å². The molecule has 1 fully saturated rings. The predicted molar refractivity (Wildman–Crippen MR) is 109 cm³/mol. The molecule has 158 valence electrons. The van der Waals surface area contributed by atoms with E-state index in [1.165, 1.54) is 35.5 Å². The van der Waals surface area contributed by atoms with Gasteiger partial charge in [-0.15, -0.1) is 0 Å². The summed E-state index contributed by atoms with van der Waals surface area (Å²) in [5, 5.41) is 0. The van der Waals surface area contributed by atoms with Crippen LogP contribution in [0.3, 0.4) is 0 Å². The molecule has 30 heavy (non-hydrogen) atoms. The first kappa shape index (κ1) is 20.4. The standard InChI is InChI=1S/C21H22N2O6S/c1-15(24)16-5-7-17(8-6-16)30(26,27)23-11-9-22(10-12-23)21(25)18-3-2-4-19-20(18)29-14-13-28-19/h2-8H,9-14H2,1H3. The summed E-state index contributed by atoms with van der Waals surface area (Å²) in [5.41, 5.74) is 0.880. The van der Waals surface area contributed by atoms with Crippen molar-refractivity contribution in [3.05, 3.63) is 53.6 Å². The molecule has 0 saturated carbocycles. The van der Waals surface area contributed by atoms with Crippen molar-refractivity contribution in [2.75, 3.05) is 39.4 Å². The van der Waals surface area contributed by atoms with Crippen LogP contribution in [0.2, 0.25) is 0 Å². The molecule has 2 heterocycles. The van der Waals surface area contributed by atoms with E-state index < -0.39 is 10.0 Å². The van der Waals surface area contributed by atoms with Crippen molar-refractivity contribution in [2.24, 2.45) is 0 Å². The van der Waals surface area contributed by atoms with Crippen LogP contribution in [0.25, 0.3) is 0 Å². The van der Waals surface area contributed by atoms with Crippen molar-refractivity contribution in [2.45, 2.75) is 11.8 Å². The number of nitrogens with zero attached hydrogens (tertiary/aromatic N) is 2. The van der Waals surface area contributed by atoms with Gasteiger partial charge in [-0.2, -0.15) is 4.31 Å². The van der Waals surface area contributed by atoms with E-state index >= 15 is 0 Å². The summed E-state index contributed by atoms with van der Waals surface area (Å²) >= 11 is 0. The number of hydrogen-bond donors (Lipinski definition) is 0. The molecule has 1 saturated heterocycles. The zero-order valence-electron chi connectivity index (χ0n) is 16.5. The smallest absolute Gasteiger partial charge is 0.257 e. The highest BCUT2D eigenvalue weighted by molar-refractivity contribution is 7.89. The number of amides is 1. The lowest BCUT2D eigenvalue weighted by Gasteiger charge is -2.34. The molecule has 0 N–H and O–H groups in total. The lowest BCUT2D eigenvalue weighted by Crippen LogP contribution is -2.50. The molecule has 0 aliphatic carbocycles. The highest BCUT2D eigenvalue weighted by Crippen LogP contribution is 2.34. The number of Topliss-reactive ketones (excluding diaryl/α,β-unsaturated/α-hetero) is 1. The fraction of sp³-hybridized carbons (Fsp3) is 0.333. The number of hydrogen-bond acceptors (Lipinski definition) is 6. The number of rotatable bonds is 4. The summed E-state index contributed by atoms with van der Waals surface area (Å²) in [5.74, 6) is 0.653. The van der Waals surface area contributed by atoms with E-state index in [1.807, 2.05) is 0 Å². The van der Waals surface area contributed by atoms with Crippen LogP contribution in [0, 0.1) is 0 Å². The van der Waals surface area contributed by atoms with E-state index in [0.29, 0.717) is 35.8 Å². The maximum atomic E-state index is 13.0. The molecule has 2 aliphatic heterocycles. The van der Waals surface area contributed by atoms with Gasteiger partial charge in [-0.1, -0.05) is 18.2 Å². The third kappa shape index (κ3) is 3.78. The number of carbonyl (C=O) groups is 2. The molecule has 0 radical (unpaired) electrons. The Labute approximate surface area is 175 Å². The zero-order chi connectivity index (χ0) is 21.3. The highest BCUT2D eigenvalue weighted by atomic mass is 32.2. The molecule has 1 amide bonds. The van der Waals surface area contributed by atoms with E-state index in [4.69, 9.17) is 9.47 Å². The predicted octanol–water partition coefficient (Wildman–Crippen LogP) is 1.81. The molecule has 0 aromatic heterocycles. The second kappa shape index (κ2) is 8.08. The minimum atomic E-state index is -3.69. The molecular formula is C21H22N2O6S. The summed E-state index contributed by atoms with van der Waals surface area (Å²) in [6.07, 6.45) is 0. The molecule has 0 atom stereocenters. The third-order valence-electron chi connectivity index (χ3n) is 5.22. The Hall–Kier alpha value is -2.91. The number of ether oxygens (including phenoxy) is 2. The minimum absolute atomic E-state index is 0.122. The molecule has 2 aromatic carbocycles. The monoisotopic (exact) mass is 430 g/mol. The highest BCUT2D eigenvalue weighted by Gasteiger charge is 2.32. The van der Waals surface area contributed by atoms with E-state index in [1.54, 1.807) is 23.1 Å². The van der Waals surface area contributed by atoms with Crippen LogP contribution in [0.4, 0.5) is 0 Å². The number of sulfonamides is 1. The summed E-state index contributed by atoms with van der Waals surface area (Å²) in [6, 6.07) is 11.1. The second-order valence-electron chi connectivity index (χ2n) is 7.11. The quantitative estimate of drug-likeness (QED) is 0.687. The molecule has 8 nitrogen and oxygen atoms in total. The van der Waals surface area contributed by atoms with Crippen molar-refractivity contribution < 1.29 is 27.5 Å². The van der Waals surface area contributed by atoms with Gasteiger partial charge in [0.2, 0.25) is 10.0 Å². The summed E-state index contributed by atoms with van der Waals surface area (Å²) < 4.78 is 38.3. The van der Waals surface area contributed by atoms with Gasteiger partial charge < -0.3 is 14.4 Å². The van der Waals surface area contributed by atoms with Gasteiger partial charge >= 0.3 is 0 Å². The van der Waals surface area contributed by atoms with Gasteiger partial charge in [-0.3, -0.25) is 9.59 Å². The van der Waals surface area contributed by atoms with E-state index in [-0.39, 0.29) is 42.8 Å². The topological polar surface area (TPSA) is 93.2 Å². The van der Waals surface area contributed by atoms with Crippen LogP contribution in [-0.2, 0) is 10.0 Å². The van der Waals surface area contributed by atoms with E-state index in [2.05, 4.69) is 0 Å². The maximum Gasteiger partial charge on any atom is 0.257 e. The Morgan fingerprint density at radius 1 is 0.900 bits per heavy atom. The number of para-hydroxylation sites is 1. The number of carbonyl (C=O) groups excluding carboxylic acids is 2. The van der Waals surface area contributed by atoms with Gasteiger partial charge in [0.15, 0.2) is 17.3 Å². The first-order chi connectivity index (χ1) is 14.4. The molecular weight excluding hydrogens is 408 g/mol. The fourth-order valence-electron chi connectivity index (χ4n) is 3.55. The normalized spacial score (nSPS) is 16.9. The van der Waals surface area contributed by atoms with Crippen molar-refractivity contribution in [3.63, 3.8) is 0 Å². The molecule has 0 spiro atoms. The first-order valence-corrected chi connectivity index (χ1v) is 11.1. The number of ketones is 1. The molecule has 2 aliphatic rings. The van der Waals surface area contributed by atoms with Gasteiger partial charge in [0.1, 0.15) is 13.2 Å². The van der Waals surface area contributed by atoms with Crippen molar-refractivity contribution in [3.8, 4) is 11.5 Å². The zero-order valence-corrected chi connectivity index (χ0v) is 17.4. The molecule has 0 bridgehead atoms. The van der Waals surface area contributed by atoms with Crippen LogP contribution < -0.4 is 9.47 Å². The SMILES string of the molecule is CC(=O)c1ccc(S(=O)(=O)N2CCN(C(=O)c3cccc4c3OCCO4)CC2)cc1.